The number of benzene rings is 1. The summed E-state index contributed by atoms with van der Waals surface area (Å²) in [5.41, 5.74) is 2.57. The average Bonchev–Trinajstić information content (AvgIpc) is 2.37. The first kappa shape index (κ1) is 13.2. The molecule has 2 rings (SSSR count). The number of para-hydroxylation sites is 1. The van der Waals surface area contributed by atoms with E-state index in [1.54, 1.807) is 0 Å². The predicted molar refractivity (Wildman–Crippen MR) is 76.0 cm³/mol. The minimum atomic E-state index is 0.473. The van der Waals surface area contributed by atoms with Crippen LogP contribution >= 0.6 is 0 Å². The summed E-state index contributed by atoms with van der Waals surface area (Å²) in [6.07, 6.45) is 2.13. The molecular weight excluding hydrogens is 222 g/mol. The summed E-state index contributed by atoms with van der Waals surface area (Å²) in [4.78, 5) is 0. The third-order valence-corrected chi connectivity index (χ3v) is 3.51. The van der Waals surface area contributed by atoms with Crippen molar-refractivity contribution in [2.75, 3.05) is 13.2 Å². The zero-order chi connectivity index (χ0) is 13.0. The molecule has 2 unspecified atom stereocenters. The van der Waals surface area contributed by atoms with E-state index in [2.05, 4.69) is 43.9 Å². The highest BCUT2D eigenvalue weighted by atomic mass is 16.5. The summed E-state index contributed by atoms with van der Waals surface area (Å²) in [6, 6.07) is 8.83. The molecule has 0 aromatic heterocycles. The lowest BCUT2D eigenvalue weighted by Gasteiger charge is -2.32. The van der Waals surface area contributed by atoms with Gasteiger partial charge in [0.2, 0.25) is 0 Å². The van der Waals surface area contributed by atoms with Crippen LogP contribution in [0.1, 0.15) is 25.8 Å². The number of nitrogens with one attached hydrogen (secondary N) is 1. The Morgan fingerprint density at radius 1 is 1.50 bits per heavy atom. The van der Waals surface area contributed by atoms with Crippen LogP contribution in [0.25, 0.3) is 0 Å². The van der Waals surface area contributed by atoms with Crippen LogP contribution in [0, 0.1) is 5.92 Å². The second kappa shape index (κ2) is 6.05. The molecule has 2 heteroatoms. The predicted octanol–water partition coefficient (Wildman–Crippen LogP) is 3.18. The summed E-state index contributed by atoms with van der Waals surface area (Å²) in [5.74, 6) is 1.59. The van der Waals surface area contributed by atoms with Crippen molar-refractivity contribution in [3.8, 4) is 5.75 Å². The zero-order valence-corrected chi connectivity index (χ0v) is 11.4. The topological polar surface area (TPSA) is 21.3 Å². The SMILES string of the molecule is C=C(C)CC(NCC)C1COc2ccccc2C1. The van der Waals surface area contributed by atoms with Gasteiger partial charge in [-0.15, -0.1) is 6.58 Å². The monoisotopic (exact) mass is 245 g/mol. The van der Waals surface area contributed by atoms with Crippen LogP contribution in [-0.2, 0) is 6.42 Å². The Hall–Kier alpha value is -1.28. The van der Waals surface area contributed by atoms with E-state index >= 15 is 0 Å². The minimum Gasteiger partial charge on any atom is -0.493 e. The van der Waals surface area contributed by atoms with E-state index in [4.69, 9.17) is 4.74 Å². The molecule has 1 aliphatic heterocycles. The molecule has 0 saturated carbocycles. The van der Waals surface area contributed by atoms with Crippen LogP contribution < -0.4 is 10.1 Å². The number of hydrogen-bond donors (Lipinski definition) is 1. The Morgan fingerprint density at radius 2 is 2.28 bits per heavy atom. The Balaban J connectivity index is 2.07. The smallest absolute Gasteiger partial charge is 0.122 e. The summed E-state index contributed by atoms with van der Waals surface area (Å²) in [7, 11) is 0. The molecule has 98 valence electrons. The fourth-order valence-corrected chi connectivity index (χ4v) is 2.65. The van der Waals surface area contributed by atoms with Gasteiger partial charge in [-0.05, 0) is 37.9 Å². The first-order chi connectivity index (χ1) is 8.70. The minimum absolute atomic E-state index is 0.473. The van der Waals surface area contributed by atoms with E-state index in [0.29, 0.717) is 12.0 Å². The molecule has 0 spiro atoms. The molecule has 1 aliphatic rings. The lowest BCUT2D eigenvalue weighted by atomic mass is 9.87. The molecule has 0 bridgehead atoms. The zero-order valence-electron chi connectivity index (χ0n) is 11.4. The highest BCUT2D eigenvalue weighted by Gasteiger charge is 2.26. The van der Waals surface area contributed by atoms with E-state index in [1.165, 1.54) is 11.1 Å². The number of fused-ring (bicyclic) bond motifs is 1. The van der Waals surface area contributed by atoms with Crippen molar-refractivity contribution in [3.63, 3.8) is 0 Å². The summed E-state index contributed by atoms with van der Waals surface area (Å²) in [5, 5.41) is 3.57. The fourth-order valence-electron chi connectivity index (χ4n) is 2.65. The normalized spacial score (nSPS) is 19.8. The van der Waals surface area contributed by atoms with Crippen molar-refractivity contribution in [2.45, 2.75) is 32.7 Å². The summed E-state index contributed by atoms with van der Waals surface area (Å²) < 4.78 is 5.88. The summed E-state index contributed by atoms with van der Waals surface area (Å²) >= 11 is 0. The van der Waals surface area contributed by atoms with Gasteiger partial charge in [0.1, 0.15) is 5.75 Å². The second-order valence-corrected chi connectivity index (χ2v) is 5.21. The molecule has 0 aliphatic carbocycles. The van der Waals surface area contributed by atoms with Gasteiger partial charge in [0.15, 0.2) is 0 Å². The highest BCUT2D eigenvalue weighted by molar-refractivity contribution is 5.35. The van der Waals surface area contributed by atoms with E-state index in [0.717, 1.165) is 31.7 Å². The van der Waals surface area contributed by atoms with Gasteiger partial charge in [-0.2, -0.15) is 0 Å². The lowest BCUT2D eigenvalue weighted by Crippen LogP contribution is -2.41. The van der Waals surface area contributed by atoms with Gasteiger partial charge in [0.05, 0.1) is 6.61 Å². The number of rotatable bonds is 5. The summed E-state index contributed by atoms with van der Waals surface area (Å²) in [6.45, 7) is 10.1. The first-order valence-corrected chi connectivity index (χ1v) is 6.79. The number of ether oxygens (including phenoxy) is 1. The van der Waals surface area contributed by atoms with Crippen molar-refractivity contribution in [1.29, 1.82) is 0 Å². The molecular formula is C16H23NO. The highest BCUT2D eigenvalue weighted by Crippen LogP contribution is 2.29. The second-order valence-electron chi connectivity index (χ2n) is 5.21. The molecule has 0 fully saturated rings. The van der Waals surface area contributed by atoms with Gasteiger partial charge >= 0.3 is 0 Å². The van der Waals surface area contributed by atoms with Gasteiger partial charge in [-0.1, -0.05) is 30.7 Å². The molecule has 0 saturated heterocycles. The Labute approximate surface area is 110 Å². The molecule has 18 heavy (non-hydrogen) atoms. The third-order valence-electron chi connectivity index (χ3n) is 3.51. The standard InChI is InChI=1S/C16H23NO/c1-4-17-15(9-12(2)3)14-10-13-7-5-6-8-16(13)18-11-14/h5-8,14-15,17H,2,4,9-11H2,1,3H3. The van der Waals surface area contributed by atoms with E-state index in [9.17, 15) is 0 Å². The Kier molecular flexibility index (Phi) is 4.43. The van der Waals surface area contributed by atoms with Crippen molar-refractivity contribution in [1.82, 2.24) is 5.32 Å². The molecule has 1 aromatic carbocycles. The van der Waals surface area contributed by atoms with Gasteiger partial charge in [0, 0.05) is 12.0 Å². The van der Waals surface area contributed by atoms with Gasteiger partial charge in [0.25, 0.3) is 0 Å². The van der Waals surface area contributed by atoms with Crippen LogP contribution in [0.15, 0.2) is 36.4 Å². The number of hydrogen-bond acceptors (Lipinski definition) is 2. The van der Waals surface area contributed by atoms with Crippen molar-refractivity contribution < 1.29 is 4.74 Å². The van der Waals surface area contributed by atoms with Gasteiger partial charge < -0.3 is 10.1 Å². The molecule has 1 heterocycles. The van der Waals surface area contributed by atoms with Gasteiger partial charge in [-0.25, -0.2) is 0 Å². The molecule has 0 amide bonds. The third kappa shape index (κ3) is 3.14. The van der Waals surface area contributed by atoms with Crippen molar-refractivity contribution >= 4 is 0 Å². The van der Waals surface area contributed by atoms with Crippen LogP contribution in [0.4, 0.5) is 0 Å². The van der Waals surface area contributed by atoms with E-state index in [-0.39, 0.29) is 0 Å². The molecule has 2 atom stereocenters. The maximum Gasteiger partial charge on any atom is 0.122 e. The van der Waals surface area contributed by atoms with E-state index < -0.39 is 0 Å². The lowest BCUT2D eigenvalue weighted by molar-refractivity contribution is 0.184. The van der Waals surface area contributed by atoms with Crippen LogP contribution in [0.3, 0.4) is 0 Å². The van der Waals surface area contributed by atoms with Crippen LogP contribution in [0.5, 0.6) is 5.75 Å². The largest absolute Gasteiger partial charge is 0.493 e. The van der Waals surface area contributed by atoms with Crippen molar-refractivity contribution in [2.24, 2.45) is 5.92 Å². The van der Waals surface area contributed by atoms with Gasteiger partial charge in [-0.3, -0.25) is 0 Å². The quantitative estimate of drug-likeness (QED) is 0.804. The van der Waals surface area contributed by atoms with Crippen molar-refractivity contribution in [3.05, 3.63) is 42.0 Å². The Bertz CT molecular complexity index is 413. The Morgan fingerprint density at radius 3 is 3.00 bits per heavy atom. The van der Waals surface area contributed by atoms with E-state index in [1.807, 2.05) is 6.07 Å². The maximum absolute atomic E-state index is 5.88. The van der Waals surface area contributed by atoms with Crippen LogP contribution in [-0.4, -0.2) is 19.2 Å². The average molecular weight is 245 g/mol. The maximum atomic E-state index is 5.88. The first-order valence-electron chi connectivity index (χ1n) is 6.79. The molecule has 1 N–H and O–H groups in total. The molecule has 2 nitrogen and oxygen atoms in total. The molecule has 1 aromatic rings. The fraction of sp³-hybridized carbons (Fsp3) is 0.500. The molecule has 0 radical (unpaired) electrons. The van der Waals surface area contributed by atoms with Crippen LogP contribution in [0.2, 0.25) is 0 Å².